The summed E-state index contributed by atoms with van der Waals surface area (Å²) in [7, 11) is -4.10. The van der Waals surface area contributed by atoms with E-state index in [9.17, 15) is 12.8 Å². The Balaban J connectivity index is 1.26. The molecule has 0 bridgehead atoms. The molecule has 240 valence electrons. The number of allylic oxidation sites excluding steroid dienone is 3. The molecule has 6 rings (SSSR count). The minimum Gasteiger partial charge on any atom is -0.378 e. The third-order valence-electron chi connectivity index (χ3n) is 7.61. The number of pyridine rings is 1. The number of morpholine rings is 1. The molecule has 3 aromatic heterocycles. The fourth-order valence-electron chi connectivity index (χ4n) is 5.10. The molecule has 2 N–H and O–H groups in total. The standard InChI is InChI=1S/C32H33ClFN7O3S2/c1-19(2)31-39-29(21-5-4-6-22(16-21)40-46(42,43)27-15-20(3)24(33)17-25(27)34)30(45-31)26-9-10-35-32(38-26)37-23-7-8-28(36-18-23)41-11-13-44-14-12-41/h4-10,16-19,27,40H,11-15H2,1-3H3,(H,35,37,38). The van der Waals surface area contributed by atoms with E-state index >= 15 is 0 Å². The van der Waals surface area contributed by atoms with Crippen LogP contribution < -0.4 is 14.9 Å². The summed E-state index contributed by atoms with van der Waals surface area (Å²) < 4.78 is 49.1. The first kappa shape index (κ1) is 32.0. The van der Waals surface area contributed by atoms with Gasteiger partial charge in [-0.3, -0.25) is 4.72 Å². The molecule has 1 aromatic carbocycles. The molecule has 1 aliphatic carbocycles. The van der Waals surface area contributed by atoms with Crippen molar-refractivity contribution in [2.24, 2.45) is 0 Å². The Hall–Kier alpha value is -3.91. The van der Waals surface area contributed by atoms with Gasteiger partial charge in [0.2, 0.25) is 16.0 Å². The maximum absolute atomic E-state index is 14.7. The second-order valence-electron chi connectivity index (χ2n) is 11.4. The zero-order chi connectivity index (χ0) is 32.4. The van der Waals surface area contributed by atoms with E-state index in [4.69, 9.17) is 26.3 Å². The van der Waals surface area contributed by atoms with Gasteiger partial charge >= 0.3 is 0 Å². The molecule has 1 atom stereocenters. The van der Waals surface area contributed by atoms with Crippen LogP contribution in [0.3, 0.4) is 0 Å². The minimum absolute atomic E-state index is 0.0255. The van der Waals surface area contributed by atoms with Gasteiger partial charge in [0.25, 0.3) is 0 Å². The van der Waals surface area contributed by atoms with Crippen molar-refractivity contribution in [3.63, 3.8) is 0 Å². The lowest BCUT2D eigenvalue weighted by Gasteiger charge is -2.27. The smallest absolute Gasteiger partial charge is 0.242 e. The number of hydrogen-bond acceptors (Lipinski definition) is 10. The van der Waals surface area contributed by atoms with Crippen molar-refractivity contribution in [1.82, 2.24) is 19.9 Å². The summed E-state index contributed by atoms with van der Waals surface area (Å²) >= 11 is 7.54. The van der Waals surface area contributed by atoms with Crippen molar-refractivity contribution in [3.8, 4) is 21.8 Å². The highest BCUT2D eigenvalue weighted by molar-refractivity contribution is 7.93. The third kappa shape index (κ3) is 7.07. The number of thiazole rings is 1. The lowest BCUT2D eigenvalue weighted by atomic mass is 10.1. The van der Waals surface area contributed by atoms with Crippen LogP contribution in [0.5, 0.6) is 0 Å². The molecule has 4 heterocycles. The van der Waals surface area contributed by atoms with Crippen LogP contribution in [0, 0.1) is 0 Å². The van der Waals surface area contributed by atoms with Crippen molar-refractivity contribution >= 4 is 56.1 Å². The van der Waals surface area contributed by atoms with Gasteiger partial charge in [0, 0.05) is 41.5 Å². The molecule has 14 heteroatoms. The number of anilines is 4. The number of rotatable bonds is 9. The molecule has 0 radical (unpaired) electrons. The fourth-order valence-corrected chi connectivity index (χ4v) is 7.77. The number of ether oxygens (including phenoxy) is 1. The van der Waals surface area contributed by atoms with Gasteiger partial charge in [-0.15, -0.1) is 11.3 Å². The van der Waals surface area contributed by atoms with Crippen LogP contribution in [-0.2, 0) is 14.8 Å². The third-order valence-corrected chi connectivity index (χ3v) is 11.1. The van der Waals surface area contributed by atoms with Gasteiger partial charge in [-0.25, -0.2) is 32.7 Å². The van der Waals surface area contributed by atoms with Gasteiger partial charge in [0.05, 0.1) is 46.4 Å². The number of halogens is 2. The number of nitrogens with one attached hydrogen (secondary N) is 2. The first-order chi connectivity index (χ1) is 22.1. The van der Waals surface area contributed by atoms with Crippen LogP contribution >= 0.6 is 22.9 Å². The average molecular weight is 682 g/mol. The Morgan fingerprint density at radius 3 is 2.63 bits per heavy atom. The Labute approximate surface area is 276 Å². The molecule has 0 spiro atoms. The number of aromatic nitrogens is 4. The molecule has 1 fully saturated rings. The van der Waals surface area contributed by atoms with Crippen LogP contribution in [0.15, 0.2) is 77.4 Å². The molecule has 0 saturated carbocycles. The molecule has 1 aliphatic heterocycles. The predicted molar refractivity (Wildman–Crippen MR) is 182 cm³/mol. The molecular formula is C32H33ClFN7O3S2. The van der Waals surface area contributed by atoms with Crippen LogP contribution in [0.25, 0.3) is 21.8 Å². The van der Waals surface area contributed by atoms with Gasteiger partial charge in [0.1, 0.15) is 16.9 Å². The maximum Gasteiger partial charge on any atom is 0.242 e. The van der Waals surface area contributed by atoms with E-state index < -0.39 is 21.1 Å². The summed E-state index contributed by atoms with van der Waals surface area (Å²) in [4.78, 5) is 21.7. The van der Waals surface area contributed by atoms with E-state index in [1.165, 1.54) is 11.3 Å². The second kappa shape index (κ2) is 13.4. The van der Waals surface area contributed by atoms with Gasteiger partial charge in [0.15, 0.2) is 0 Å². The van der Waals surface area contributed by atoms with Crippen LogP contribution in [0.4, 0.5) is 27.5 Å². The van der Waals surface area contributed by atoms with Crippen molar-refractivity contribution in [2.45, 2.75) is 38.4 Å². The van der Waals surface area contributed by atoms with Gasteiger partial charge in [-0.1, -0.05) is 43.2 Å². The van der Waals surface area contributed by atoms with Crippen molar-refractivity contribution in [2.75, 3.05) is 41.2 Å². The molecule has 46 heavy (non-hydrogen) atoms. The maximum atomic E-state index is 14.7. The van der Waals surface area contributed by atoms with Crippen LogP contribution in [-0.4, -0.2) is 59.9 Å². The van der Waals surface area contributed by atoms with E-state index in [-0.39, 0.29) is 17.4 Å². The lowest BCUT2D eigenvalue weighted by Crippen LogP contribution is -2.36. The van der Waals surface area contributed by atoms with E-state index in [1.54, 1.807) is 37.5 Å². The Morgan fingerprint density at radius 2 is 1.89 bits per heavy atom. The van der Waals surface area contributed by atoms with Crippen LogP contribution in [0.2, 0.25) is 0 Å². The lowest BCUT2D eigenvalue weighted by molar-refractivity contribution is 0.122. The number of hydrogen-bond donors (Lipinski definition) is 2. The molecule has 10 nitrogen and oxygen atoms in total. The fraction of sp³-hybridized carbons (Fsp3) is 0.312. The number of nitrogens with zero attached hydrogens (tertiary/aromatic N) is 5. The molecule has 1 saturated heterocycles. The Kier molecular flexibility index (Phi) is 9.37. The summed E-state index contributed by atoms with van der Waals surface area (Å²) in [6, 6.07) is 12.6. The first-order valence-electron chi connectivity index (χ1n) is 14.8. The quantitative estimate of drug-likeness (QED) is 0.188. The highest BCUT2D eigenvalue weighted by atomic mass is 35.5. The topological polar surface area (TPSA) is 122 Å². The monoisotopic (exact) mass is 681 g/mol. The van der Waals surface area contributed by atoms with Crippen molar-refractivity contribution in [1.29, 1.82) is 0 Å². The molecule has 2 aliphatic rings. The minimum atomic E-state index is -4.10. The Bertz CT molecular complexity index is 1910. The molecule has 0 amide bonds. The highest BCUT2D eigenvalue weighted by Gasteiger charge is 2.33. The zero-order valence-electron chi connectivity index (χ0n) is 25.5. The molecular weight excluding hydrogens is 649 g/mol. The number of sulfonamides is 1. The summed E-state index contributed by atoms with van der Waals surface area (Å²) in [5.41, 5.74) is 3.67. The summed E-state index contributed by atoms with van der Waals surface area (Å²) in [5.74, 6) is 0.649. The van der Waals surface area contributed by atoms with Gasteiger partial charge < -0.3 is 15.0 Å². The van der Waals surface area contributed by atoms with E-state index in [1.807, 2.05) is 24.3 Å². The Morgan fingerprint density at radius 1 is 1.09 bits per heavy atom. The average Bonchev–Trinajstić information content (AvgIpc) is 3.50. The molecule has 4 aromatic rings. The van der Waals surface area contributed by atoms with Crippen LogP contribution in [0.1, 0.15) is 38.1 Å². The van der Waals surface area contributed by atoms with E-state index in [2.05, 4.69) is 38.8 Å². The second-order valence-corrected chi connectivity index (χ2v) is 14.7. The highest BCUT2D eigenvalue weighted by Crippen LogP contribution is 2.40. The predicted octanol–water partition coefficient (Wildman–Crippen LogP) is 7.25. The zero-order valence-corrected chi connectivity index (χ0v) is 27.9. The normalized spacial score (nSPS) is 17.3. The van der Waals surface area contributed by atoms with E-state index in [0.717, 1.165) is 40.6 Å². The summed E-state index contributed by atoms with van der Waals surface area (Å²) in [6.07, 6.45) is 4.47. The van der Waals surface area contributed by atoms with Crippen molar-refractivity contribution < 1.29 is 17.5 Å². The summed E-state index contributed by atoms with van der Waals surface area (Å²) in [5, 5.41) is 3.01. The number of benzene rings is 1. The van der Waals surface area contributed by atoms with Crippen molar-refractivity contribution in [3.05, 3.63) is 82.4 Å². The summed E-state index contributed by atoms with van der Waals surface area (Å²) in [6.45, 7) is 8.80. The molecule has 1 unspecified atom stereocenters. The largest absolute Gasteiger partial charge is 0.378 e. The van der Waals surface area contributed by atoms with E-state index in [0.29, 0.717) is 47.4 Å². The SMILES string of the molecule is CC1=C(Cl)C=C(F)C(S(=O)(=O)Nc2cccc(-c3nc(C(C)C)sc3-c3ccnc(Nc4ccc(N5CCOCC5)nc4)n3)c2)C1. The first-order valence-corrected chi connectivity index (χ1v) is 17.6. The van der Waals surface area contributed by atoms with Gasteiger partial charge in [-0.2, -0.15) is 0 Å². The van der Waals surface area contributed by atoms with Gasteiger partial charge in [-0.05, 0) is 49.8 Å².